The van der Waals surface area contributed by atoms with Gasteiger partial charge in [-0.2, -0.15) is 0 Å². The van der Waals surface area contributed by atoms with Gasteiger partial charge in [-0.1, -0.05) is 19.1 Å². The third-order valence-electron chi connectivity index (χ3n) is 4.32. The number of hydrogen-bond acceptors (Lipinski definition) is 5. The lowest BCUT2D eigenvalue weighted by Crippen LogP contribution is -2.33. The first-order valence-corrected chi connectivity index (χ1v) is 9.16. The molecule has 0 spiro atoms. The van der Waals surface area contributed by atoms with Crippen LogP contribution in [0.4, 0.5) is 0 Å². The molecule has 1 aliphatic rings. The molecule has 5 nitrogen and oxygen atoms in total. The Morgan fingerprint density at radius 3 is 2.92 bits per heavy atom. The molecule has 6 heteroatoms. The zero-order valence-corrected chi connectivity index (χ0v) is 14.9. The number of thiazole rings is 1. The van der Waals surface area contributed by atoms with E-state index in [1.807, 2.05) is 41.5 Å². The van der Waals surface area contributed by atoms with E-state index >= 15 is 0 Å². The number of nitrogens with two attached hydrogens (primary N) is 1. The van der Waals surface area contributed by atoms with Crippen molar-refractivity contribution in [3.8, 4) is 16.3 Å². The number of carbonyl (C=O) groups is 1. The van der Waals surface area contributed by atoms with Crippen LogP contribution in [0.5, 0.6) is 5.75 Å². The van der Waals surface area contributed by atoms with Gasteiger partial charge in [-0.15, -0.1) is 11.3 Å². The van der Waals surface area contributed by atoms with Gasteiger partial charge in [0.05, 0.1) is 24.3 Å². The molecule has 1 aromatic heterocycles. The number of hydrogen-bond donors (Lipinski definition) is 1. The fourth-order valence-corrected chi connectivity index (χ4v) is 3.75. The molecule has 128 valence electrons. The van der Waals surface area contributed by atoms with Crippen LogP contribution in [-0.4, -0.2) is 41.5 Å². The van der Waals surface area contributed by atoms with E-state index in [-0.39, 0.29) is 11.9 Å². The monoisotopic (exact) mass is 345 g/mol. The first-order valence-electron chi connectivity index (χ1n) is 8.28. The smallest absolute Gasteiger partial charge is 0.228 e. The van der Waals surface area contributed by atoms with Crippen LogP contribution in [0.3, 0.4) is 0 Å². The summed E-state index contributed by atoms with van der Waals surface area (Å²) in [5.41, 5.74) is 7.78. The van der Waals surface area contributed by atoms with E-state index in [2.05, 4.69) is 11.9 Å². The molecule has 3 rings (SSSR count). The molecule has 2 unspecified atom stereocenters. The molecule has 0 bridgehead atoms. The second kappa shape index (κ2) is 7.32. The summed E-state index contributed by atoms with van der Waals surface area (Å²) in [7, 11) is 0. The highest BCUT2D eigenvalue weighted by molar-refractivity contribution is 7.13. The van der Waals surface area contributed by atoms with Gasteiger partial charge in [0.25, 0.3) is 0 Å². The van der Waals surface area contributed by atoms with Crippen LogP contribution >= 0.6 is 11.3 Å². The minimum atomic E-state index is 0.0815. The highest BCUT2D eigenvalue weighted by Crippen LogP contribution is 2.32. The van der Waals surface area contributed by atoms with Gasteiger partial charge in [-0.3, -0.25) is 4.79 Å². The normalized spacial score (nSPS) is 20.4. The third kappa shape index (κ3) is 3.60. The minimum absolute atomic E-state index is 0.0815. The van der Waals surface area contributed by atoms with E-state index in [9.17, 15) is 4.79 Å². The first kappa shape index (κ1) is 16.9. The second-order valence-corrected chi connectivity index (χ2v) is 7.05. The zero-order valence-electron chi connectivity index (χ0n) is 14.1. The van der Waals surface area contributed by atoms with Crippen LogP contribution in [0.25, 0.3) is 10.6 Å². The fraction of sp³-hybridized carbons (Fsp3) is 0.444. The number of carbonyl (C=O) groups excluding carboxylic acids is 1. The summed E-state index contributed by atoms with van der Waals surface area (Å²) in [5.74, 6) is 1.29. The van der Waals surface area contributed by atoms with Gasteiger partial charge in [0, 0.05) is 24.5 Å². The Morgan fingerprint density at radius 2 is 2.21 bits per heavy atom. The van der Waals surface area contributed by atoms with Crippen LogP contribution in [-0.2, 0) is 11.2 Å². The number of para-hydroxylation sites is 1. The summed E-state index contributed by atoms with van der Waals surface area (Å²) in [5, 5.41) is 2.84. The Labute approximate surface area is 146 Å². The fourth-order valence-electron chi connectivity index (χ4n) is 2.90. The Morgan fingerprint density at radius 1 is 1.42 bits per heavy atom. The van der Waals surface area contributed by atoms with Crippen molar-refractivity contribution < 1.29 is 9.53 Å². The van der Waals surface area contributed by atoms with E-state index in [0.29, 0.717) is 25.5 Å². The lowest BCUT2D eigenvalue weighted by molar-refractivity contribution is -0.129. The molecule has 1 saturated heterocycles. The minimum Gasteiger partial charge on any atom is -0.493 e. The van der Waals surface area contributed by atoms with Crippen molar-refractivity contribution in [3.63, 3.8) is 0 Å². The number of benzene rings is 1. The molecule has 2 heterocycles. The molecule has 1 amide bonds. The van der Waals surface area contributed by atoms with Crippen molar-refractivity contribution in [2.45, 2.75) is 26.3 Å². The van der Waals surface area contributed by atoms with Gasteiger partial charge in [-0.05, 0) is 25.0 Å². The molecular weight excluding hydrogens is 322 g/mol. The topological polar surface area (TPSA) is 68.5 Å². The Hall–Kier alpha value is -1.92. The molecule has 2 aromatic rings. The van der Waals surface area contributed by atoms with Crippen molar-refractivity contribution >= 4 is 17.2 Å². The summed E-state index contributed by atoms with van der Waals surface area (Å²) in [4.78, 5) is 18.9. The van der Waals surface area contributed by atoms with Crippen LogP contribution < -0.4 is 10.5 Å². The molecule has 1 aliphatic heterocycles. The zero-order chi connectivity index (χ0) is 17.1. The summed E-state index contributed by atoms with van der Waals surface area (Å²) < 4.78 is 5.66. The van der Waals surface area contributed by atoms with Crippen LogP contribution in [0, 0.1) is 5.92 Å². The number of amides is 1. The SMILES string of the molecule is CCOc1ccccc1-c1nc(CC(=O)N2CC(C)C(N)C2)cs1. The van der Waals surface area contributed by atoms with E-state index in [1.165, 1.54) is 0 Å². The van der Waals surface area contributed by atoms with Crippen LogP contribution in [0.15, 0.2) is 29.6 Å². The Kier molecular flexibility index (Phi) is 5.16. The molecule has 0 saturated carbocycles. The summed E-state index contributed by atoms with van der Waals surface area (Å²) in [6, 6.07) is 7.94. The number of aromatic nitrogens is 1. The number of nitrogens with zero attached hydrogens (tertiary/aromatic N) is 2. The molecule has 1 aromatic carbocycles. The maximum Gasteiger partial charge on any atom is 0.228 e. The van der Waals surface area contributed by atoms with Crippen LogP contribution in [0.1, 0.15) is 19.5 Å². The highest BCUT2D eigenvalue weighted by atomic mass is 32.1. The van der Waals surface area contributed by atoms with Gasteiger partial charge in [0.15, 0.2) is 0 Å². The molecule has 0 radical (unpaired) electrons. The van der Waals surface area contributed by atoms with Crippen molar-refractivity contribution in [3.05, 3.63) is 35.3 Å². The average Bonchev–Trinajstić information content (AvgIpc) is 3.16. The average molecular weight is 345 g/mol. The number of ether oxygens (including phenoxy) is 1. The molecule has 24 heavy (non-hydrogen) atoms. The predicted octanol–water partition coefficient (Wildman–Crippen LogP) is 2.56. The van der Waals surface area contributed by atoms with E-state index in [1.54, 1.807) is 11.3 Å². The van der Waals surface area contributed by atoms with Gasteiger partial charge in [0.2, 0.25) is 5.91 Å². The van der Waals surface area contributed by atoms with Crippen molar-refractivity contribution in [2.75, 3.05) is 19.7 Å². The molecular formula is C18H23N3O2S. The second-order valence-electron chi connectivity index (χ2n) is 6.19. The van der Waals surface area contributed by atoms with Gasteiger partial charge < -0.3 is 15.4 Å². The largest absolute Gasteiger partial charge is 0.493 e. The summed E-state index contributed by atoms with van der Waals surface area (Å²) >= 11 is 1.54. The van der Waals surface area contributed by atoms with Crippen molar-refractivity contribution in [2.24, 2.45) is 11.7 Å². The van der Waals surface area contributed by atoms with Gasteiger partial charge in [-0.25, -0.2) is 4.98 Å². The van der Waals surface area contributed by atoms with Crippen molar-refractivity contribution in [1.29, 1.82) is 0 Å². The predicted molar refractivity (Wildman–Crippen MR) is 96.1 cm³/mol. The standard InChI is InChI=1S/C18H23N3O2S/c1-3-23-16-7-5-4-6-14(16)18-20-13(11-24-18)8-17(22)21-9-12(2)15(19)10-21/h4-7,11-12,15H,3,8-10,19H2,1-2H3. The Bertz CT molecular complexity index is 706. The molecule has 0 aliphatic carbocycles. The van der Waals surface area contributed by atoms with Crippen molar-refractivity contribution in [1.82, 2.24) is 9.88 Å². The van der Waals surface area contributed by atoms with E-state index < -0.39 is 0 Å². The van der Waals surface area contributed by atoms with E-state index in [0.717, 1.165) is 28.6 Å². The summed E-state index contributed by atoms with van der Waals surface area (Å²) in [6.45, 7) is 6.05. The highest BCUT2D eigenvalue weighted by Gasteiger charge is 2.30. The summed E-state index contributed by atoms with van der Waals surface area (Å²) in [6.07, 6.45) is 0.326. The first-order chi connectivity index (χ1) is 11.6. The maximum atomic E-state index is 12.4. The quantitative estimate of drug-likeness (QED) is 0.904. The van der Waals surface area contributed by atoms with Crippen LogP contribution in [0.2, 0.25) is 0 Å². The molecule has 2 N–H and O–H groups in total. The Balaban J connectivity index is 1.71. The van der Waals surface area contributed by atoms with Gasteiger partial charge in [0.1, 0.15) is 10.8 Å². The van der Waals surface area contributed by atoms with E-state index in [4.69, 9.17) is 10.5 Å². The molecule has 1 fully saturated rings. The number of rotatable bonds is 5. The third-order valence-corrected chi connectivity index (χ3v) is 5.25. The lowest BCUT2D eigenvalue weighted by atomic mass is 10.1. The maximum absolute atomic E-state index is 12.4. The van der Waals surface area contributed by atoms with Gasteiger partial charge >= 0.3 is 0 Å². The lowest BCUT2D eigenvalue weighted by Gasteiger charge is -2.14. The number of likely N-dealkylation sites (tertiary alicyclic amines) is 1. The molecule has 2 atom stereocenters.